The smallest absolute Gasteiger partial charge is 0.155 e. The number of carbonyl (C=O) groups excluding carboxylic acids is 1. The summed E-state index contributed by atoms with van der Waals surface area (Å²) in [6.07, 6.45) is 2.76. The van der Waals surface area contributed by atoms with Crippen LogP contribution in [0.25, 0.3) is 0 Å². The van der Waals surface area contributed by atoms with Gasteiger partial charge in [0.1, 0.15) is 5.75 Å². The quantitative estimate of drug-likeness (QED) is 0.418. The van der Waals surface area contributed by atoms with E-state index in [2.05, 4.69) is 4.90 Å². The molecule has 0 amide bonds. The molecule has 0 aliphatic rings. The molecular weight excluding hydrogens is 285 g/mol. The van der Waals surface area contributed by atoms with Crippen LogP contribution in [-0.4, -0.2) is 30.6 Å². The zero-order valence-electron chi connectivity index (χ0n) is 10.8. The van der Waals surface area contributed by atoms with Crippen LogP contribution in [0.2, 0.25) is 0 Å². The third-order valence-electron chi connectivity index (χ3n) is 2.42. The maximum Gasteiger partial charge on any atom is 0.155 e. The first-order valence-corrected chi connectivity index (χ1v) is 7.05. The van der Waals surface area contributed by atoms with Gasteiger partial charge < -0.3 is 9.64 Å². The van der Waals surface area contributed by atoms with Crippen molar-refractivity contribution in [2.45, 2.75) is 6.92 Å². The molecule has 0 aliphatic heterocycles. The lowest BCUT2D eigenvalue weighted by atomic mass is 10.2. The van der Waals surface area contributed by atoms with Crippen molar-refractivity contribution in [3.8, 4) is 5.75 Å². The summed E-state index contributed by atoms with van der Waals surface area (Å²) in [5, 5.41) is 0. The van der Waals surface area contributed by atoms with Crippen molar-refractivity contribution in [2.75, 3.05) is 29.7 Å². The molecule has 0 bridgehead atoms. The van der Waals surface area contributed by atoms with E-state index in [1.54, 1.807) is 0 Å². The Hall–Kier alpha value is -1.19. The van der Waals surface area contributed by atoms with Gasteiger partial charge in [-0.05, 0) is 31.2 Å². The van der Waals surface area contributed by atoms with Crippen LogP contribution in [0.4, 0.5) is 5.69 Å². The van der Waals surface area contributed by atoms with Crippen LogP contribution in [0.15, 0.2) is 36.6 Å². The summed E-state index contributed by atoms with van der Waals surface area (Å²) in [4.78, 5) is 12.8. The third kappa shape index (κ3) is 5.99. The molecule has 1 aromatic rings. The number of carbonyl (C=O) groups is 1. The first-order chi connectivity index (χ1) is 9.17. The fraction of sp³-hybridized carbons (Fsp3) is 0.357. The Morgan fingerprint density at radius 3 is 2.26 bits per heavy atom. The van der Waals surface area contributed by atoms with Crippen LogP contribution in [0.3, 0.4) is 0 Å². The highest BCUT2D eigenvalue weighted by Gasteiger charge is 2.05. The maximum absolute atomic E-state index is 10.7. The summed E-state index contributed by atoms with van der Waals surface area (Å²) < 4.78 is 5.30. The van der Waals surface area contributed by atoms with E-state index >= 15 is 0 Å². The average molecular weight is 302 g/mol. The number of allylic oxidation sites excluding steroid dienone is 1. The van der Waals surface area contributed by atoms with Crippen molar-refractivity contribution in [1.29, 1.82) is 0 Å². The lowest BCUT2D eigenvalue weighted by Gasteiger charge is -2.22. The highest BCUT2D eigenvalue weighted by Crippen LogP contribution is 2.19. The normalized spacial score (nSPS) is 10.7. The zero-order valence-corrected chi connectivity index (χ0v) is 12.3. The minimum absolute atomic E-state index is 0.0491. The van der Waals surface area contributed by atoms with Gasteiger partial charge in [0.05, 0.1) is 6.26 Å². The van der Waals surface area contributed by atoms with E-state index in [9.17, 15) is 4.79 Å². The van der Waals surface area contributed by atoms with E-state index in [1.807, 2.05) is 24.3 Å². The summed E-state index contributed by atoms with van der Waals surface area (Å²) in [6, 6.07) is 7.57. The second-order valence-electron chi connectivity index (χ2n) is 3.89. The van der Waals surface area contributed by atoms with Crippen LogP contribution < -0.4 is 9.64 Å². The molecule has 0 spiro atoms. The Balaban J connectivity index is 2.65. The minimum atomic E-state index is -0.0491. The van der Waals surface area contributed by atoms with Gasteiger partial charge in [-0.2, -0.15) is 0 Å². The van der Waals surface area contributed by atoms with Crippen LogP contribution in [0.5, 0.6) is 5.75 Å². The van der Waals surface area contributed by atoms with Crippen molar-refractivity contribution in [3.05, 3.63) is 36.6 Å². The molecule has 0 saturated carbocycles. The van der Waals surface area contributed by atoms with E-state index in [0.717, 1.165) is 18.8 Å². The summed E-state index contributed by atoms with van der Waals surface area (Å²) in [5.74, 6) is 1.73. The molecule has 1 aromatic carbocycles. The molecule has 0 fully saturated rings. The lowest BCUT2D eigenvalue weighted by Crippen LogP contribution is -2.27. The van der Waals surface area contributed by atoms with Crippen molar-refractivity contribution in [2.24, 2.45) is 0 Å². The topological polar surface area (TPSA) is 29.5 Å². The molecule has 3 nitrogen and oxygen atoms in total. The lowest BCUT2D eigenvalue weighted by molar-refractivity contribution is -0.112. The zero-order chi connectivity index (χ0) is 14.1. The van der Waals surface area contributed by atoms with Crippen LogP contribution in [0.1, 0.15) is 6.92 Å². The number of nitrogens with zero attached hydrogens (tertiary/aromatic N) is 1. The number of ketones is 1. The first-order valence-electron chi connectivity index (χ1n) is 5.98. The van der Waals surface area contributed by atoms with Crippen LogP contribution in [0, 0.1) is 0 Å². The Morgan fingerprint density at radius 2 is 1.79 bits per heavy atom. The molecule has 19 heavy (non-hydrogen) atoms. The summed E-state index contributed by atoms with van der Waals surface area (Å²) in [7, 11) is 0. The average Bonchev–Trinajstić information content (AvgIpc) is 2.39. The van der Waals surface area contributed by atoms with Gasteiger partial charge in [0, 0.05) is 36.6 Å². The Labute approximate surface area is 123 Å². The number of rotatable bonds is 8. The molecule has 0 heterocycles. The number of alkyl halides is 2. The van der Waals surface area contributed by atoms with E-state index in [-0.39, 0.29) is 5.78 Å². The minimum Gasteiger partial charge on any atom is -0.465 e. The second kappa shape index (κ2) is 8.83. The van der Waals surface area contributed by atoms with Gasteiger partial charge in [0.2, 0.25) is 0 Å². The summed E-state index contributed by atoms with van der Waals surface area (Å²) in [6.45, 7) is 2.97. The standard InChI is InChI=1S/C14H17Cl2NO2/c1-12(18)6-11-19-14-4-2-13(3-5-14)17(9-7-15)10-8-16/h2-6,11H,7-10H2,1H3/b11-6+. The van der Waals surface area contributed by atoms with Crippen LogP contribution >= 0.6 is 23.2 Å². The molecule has 104 valence electrons. The van der Waals surface area contributed by atoms with E-state index in [1.165, 1.54) is 19.3 Å². The third-order valence-corrected chi connectivity index (χ3v) is 2.76. The Bertz CT molecular complexity index is 412. The van der Waals surface area contributed by atoms with Crippen molar-refractivity contribution < 1.29 is 9.53 Å². The monoisotopic (exact) mass is 301 g/mol. The fourth-order valence-electron chi connectivity index (χ4n) is 1.52. The number of hydrogen-bond acceptors (Lipinski definition) is 3. The van der Waals surface area contributed by atoms with E-state index in [0.29, 0.717) is 17.5 Å². The molecule has 0 N–H and O–H groups in total. The van der Waals surface area contributed by atoms with Gasteiger partial charge in [-0.15, -0.1) is 23.2 Å². The van der Waals surface area contributed by atoms with E-state index < -0.39 is 0 Å². The number of anilines is 1. The number of benzene rings is 1. The summed E-state index contributed by atoms with van der Waals surface area (Å²) >= 11 is 11.5. The van der Waals surface area contributed by atoms with Crippen LogP contribution in [-0.2, 0) is 4.79 Å². The van der Waals surface area contributed by atoms with Gasteiger partial charge in [0.15, 0.2) is 5.78 Å². The molecule has 1 rings (SSSR count). The number of halogens is 2. The highest BCUT2D eigenvalue weighted by atomic mass is 35.5. The van der Waals surface area contributed by atoms with Gasteiger partial charge in [-0.1, -0.05) is 0 Å². The van der Waals surface area contributed by atoms with Gasteiger partial charge >= 0.3 is 0 Å². The molecule has 5 heteroatoms. The van der Waals surface area contributed by atoms with Gasteiger partial charge in [0.25, 0.3) is 0 Å². The van der Waals surface area contributed by atoms with Gasteiger partial charge in [-0.3, -0.25) is 4.79 Å². The van der Waals surface area contributed by atoms with Crippen molar-refractivity contribution >= 4 is 34.7 Å². The van der Waals surface area contributed by atoms with Gasteiger partial charge in [-0.25, -0.2) is 0 Å². The second-order valence-corrected chi connectivity index (χ2v) is 4.65. The number of hydrogen-bond donors (Lipinski definition) is 0. The molecule has 0 saturated heterocycles. The molecule has 0 aliphatic carbocycles. The molecule has 0 unspecified atom stereocenters. The molecule has 0 atom stereocenters. The SMILES string of the molecule is CC(=O)/C=C/Oc1ccc(N(CCCl)CCCl)cc1. The largest absolute Gasteiger partial charge is 0.465 e. The van der Waals surface area contributed by atoms with E-state index in [4.69, 9.17) is 27.9 Å². The fourth-order valence-corrected chi connectivity index (χ4v) is 1.93. The first kappa shape index (κ1) is 15.9. The number of ether oxygens (including phenoxy) is 1. The highest BCUT2D eigenvalue weighted by molar-refractivity contribution is 6.18. The predicted molar refractivity (Wildman–Crippen MR) is 80.5 cm³/mol. The molecule has 0 radical (unpaired) electrons. The summed E-state index contributed by atoms with van der Waals surface area (Å²) in [5.41, 5.74) is 1.05. The Morgan fingerprint density at radius 1 is 1.21 bits per heavy atom. The maximum atomic E-state index is 10.7. The van der Waals surface area contributed by atoms with Crippen molar-refractivity contribution in [3.63, 3.8) is 0 Å². The molecular formula is C14H17Cl2NO2. The Kier molecular flexibility index (Phi) is 7.38. The predicted octanol–water partition coefficient (Wildman–Crippen LogP) is 3.45. The molecule has 0 aromatic heterocycles. The van der Waals surface area contributed by atoms with Crippen molar-refractivity contribution in [1.82, 2.24) is 0 Å².